The fourth-order valence-corrected chi connectivity index (χ4v) is 3.86. The lowest BCUT2D eigenvalue weighted by Crippen LogP contribution is -2.46. The smallest absolute Gasteiger partial charge is 0.239 e. The van der Waals surface area contributed by atoms with Gasteiger partial charge in [-0.1, -0.05) is 30.3 Å². The van der Waals surface area contributed by atoms with E-state index in [9.17, 15) is 13.2 Å². The molecule has 1 aliphatic rings. The number of sulfone groups is 1. The van der Waals surface area contributed by atoms with Crippen LogP contribution >= 0.6 is 0 Å². The number of hydrogen-bond acceptors (Lipinski definition) is 4. The van der Waals surface area contributed by atoms with Gasteiger partial charge >= 0.3 is 0 Å². The zero-order valence-corrected chi connectivity index (χ0v) is 14.6. The van der Waals surface area contributed by atoms with Crippen LogP contribution in [0.1, 0.15) is 25.3 Å². The Morgan fingerprint density at radius 2 is 2.00 bits per heavy atom. The van der Waals surface area contributed by atoms with Gasteiger partial charge in [0, 0.05) is 18.8 Å². The quantitative estimate of drug-likeness (QED) is 0.846. The summed E-state index contributed by atoms with van der Waals surface area (Å²) in [6.07, 6.45) is 3.26. The molecule has 1 saturated heterocycles. The monoisotopic (exact) mass is 338 g/mol. The van der Waals surface area contributed by atoms with Gasteiger partial charge in [-0.25, -0.2) is 8.42 Å². The number of likely N-dealkylation sites (tertiary alicyclic amines) is 1. The molecule has 3 atom stereocenters. The van der Waals surface area contributed by atoms with Crippen molar-refractivity contribution in [2.45, 2.75) is 38.3 Å². The normalized spacial score (nSPS) is 23.0. The van der Waals surface area contributed by atoms with Gasteiger partial charge in [-0.05, 0) is 37.7 Å². The highest BCUT2D eigenvalue weighted by Gasteiger charge is 2.35. The van der Waals surface area contributed by atoms with E-state index in [0.717, 1.165) is 12.8 Å². The van der Waals surface area contributed by atoms with E-state index in [1.54, 1.807) is 0 Å². The van der Waals surface area contributed by atoms with Crippen LogP contribution in [0.15, 0.2) is 30.3 Å². The Morgan fingerprint density at radius 3 is 2.61 bits per heavy atom. The van der Waals surface area contributed by atoms with Crippen molar-refractivity contribution < 1.29 is 13.2 Å². The van der Waals surface area contributed by atoms with Crippen molar-refractivity contribution in [1.29, 1.82) is 0 Å². The molecule has 6 heteroatoms. The summed E-state index contributed by atoms with van der Waals surface area (Å²) in [6, 6.07) is 9.66. The molecule has 1 heterocycles. The Morgan fingerprint density at radius 1 is 1.35 bits per heavy atom. The second-order valence-electron chi connectivity index (χ2n) is 6.54. The second-order valence-corrected chi connectivity index (χ2v) is 8.80. The van der Waals surface area contributed by atoms with Crippen LogP contribution in [-0.2, 0) is 21.1 Å². The molecule has 0 aliphatic carbocycles. The molecule has 0 spiro atoms. The molecular weight excluding hydrogens is 312 g/mol. The van der Waals surface area contributed by atoms with E-state index in [1.165, 1.54) is 11.8 Å². The average Bonchev–Trinajstić information content (AvgIpc) is 2.85. The first-order chi connectivity index (χ1) is 10.8. The molecule has 128 valence electrons. The maximum atomic E-state index is 12.5. The molecule has 23 heavy (non-hydrogen) atoms. The molecule has 2 N–H and O–H groups in total. The van der Waals surface area contributed by atoms with Gasteiger partial charge in [-0.3, -0.25) is 4.79 Å². The van der Waals surface area contributed by atoms with Crippen molar-refractivity contribution in [2.24, 2.45) is 11.7 Å². The third-order valence-corrected chi connectivity index (χ3v) is 5.63. The molecule has 2 rings (SSSR count). The van der Waals surface area contributed by atoms with Gasteiger partial charge in [0.1, 0.15) is 9.84 Å². The lowest BCUT2D eigenvalue weighted by molar-refractivity contribution is -0.133. The number of carbonyl (C=O) groups is 1. The van der Waals surface area contributed by atoms with E-state index in [1.807, 2.05) is 23.1 Å². The van der Waals surface area contributed by atoms with Gasteiger partial charge < -0.3 is 10.6 Å². The van der Waals surface area contributed by atoms with E-state index < -0.39 is 15.9 Å². The summed E-state index contributed by atoms with van der Waals surface area (Å²) in [5.41, 5.74) is 7.19. The molecule has 0 aromatic heterocycles. The largest absolute Gasteiger partial charge is 0.338 e. The van der Waals surface area contributed by atoms with Gasteiger partial charge in [0.05, 0.1) is 11.8 Å². The summed E-state index contributed by atoms with van der Waals surface area (Å²) < 4.78 is 22.4. The third kappa shape index (κ3) is 5.04. The van der Waals surface area contributed by atoms with Gasteiger partial charge in [-0.15, -0.1) is 0 Å². The lowest BCUT2D eigenvalue weighted by Gasteiger charge is -2.27. The van der Waals surface area contributed by atoms with Crippen LogP contribution in [0.3, 0.4) is 0 Å². The Labute approximate surface area is 138 Å². The van der Waals surface area contributed by atoms with Crippen molar-refractivity contribution >= 4 is 15.7 Å². The predicted molar refractivity (Wildman–Crippen MR) is 91.7 cm³/mol. The van der Waals surface area contributed by atoms with Crippen molar-refractivity contribution in [1.82, 2.24) is 4.90 Å². The van der Waals surface area contributed by atoms with E-state index >= 15 is 0 Å². The number of benzene rings is 1. The van der Waals surface area contributed by atoms with E-state index in [-0.39, 0.29) is 24.1 Å². The minimum Gasteiger partial charge on any atom is -0.338 e. The van der Waals surface area contributed by atoms with Crippen LogP contribution in [0.25, 0.3) is 0 Å². The molecule has 5 nitrogen and oxygen atoms in total. The number of nitrogens with zero attached hydrogens (tertiary/aromatic N) is 1. The van der Waals surface area contributed by atoms with Crippen LogP contribution in [0.2, 0.25) is 0 Å². The zero-order chi connectivity index (χ0) is 17.0. The highest BCUT2D eigenvalue weighted by atomic mass is 32.2. The number of carbonyl (C=O) groups excluding carboxylic acids is 1. The SMILES string of the molecule is CC1C(Cc2ccccc2)CCN1C(=O)C(N)CCS(C)(=O)=O. The topological polar surface area (TPSA) is 80.5 Å². The minimum atomic E-state index is -3.09. The van der Waals surface area contributed by atoms with E-state index in [2.05, 4.69) is 19.1 Å². The summed E-state index contributed by atoms with van der Waals surface area (Å²) >= 11 is 0. The van der Waals surface area contributed by atoms with Crippen LogP contribution in [0.5, 0.6) is 0 Å². The molecule has 0 bridgehead atoms. The second kappa shape index (κ2) is 7.45. The standard InChI is InChI=1S/C17H26N2O3S/c1-13-15(12-14-6-4-3-5-7-14)8-10-19(13)17(20)16(18)9-11-23(2,21)22/h3-7,13,15-16H,8-12,18H2,1-2H3. The van der Waals surface area contributed by atoms with Crippen LogP contribution in [0, 0.1) is 5.92 Å². The van der Waals surface area contributed by atoms with Crippen molar-refractivity contribution in [3.8, 4) is 0 Å². The molecule has 0 saturated carbocycles. The van der Waals surface area contributed by atoms with E-state index in [4.69, 9.17) is 5.73 Å². The van der Waals surface area contributed by atoms with Crippen LogP contribution in [0.4, 0.5) is 0 Å². The number of hydrogen-bond donors (Lipinski definition) is 1. The Hall–Kier alpha value is -1.40. The number of amides is 1. The first kappa shape index (κ1) is 17.9. The lowest BCUT2D eigenvalue weighted by atomic mass is 9.93. The fourth-order valence-electron chi connectivity index (χ4n) is 3.18. The van der Waals surface area contributed by atoms with Gasteiger partial charge in [0.15, 0.2) is 0 Å². The van der Waals surface area contributed by atoms with Gasteiger partial charge in [0.2, 0.25) is 5.91 Å². The van der Waals surface area contributed by atoms with Crippen molar-refractivity contribution in [3.05, 3.63) is 35.9 Å². The highest BCUT2D eigenvalue weighted by Crippen LogP contribution is 2.28. The summed E-state index contributed by atoms with van der Waals surface area (Å²) in [5, 5.41) is 0. The Bertz CT molecular complexity index is 630. The number of nitrogens with two attached hydrogens (primary N) is 1. The molecule has 3 unspecified atom stereocenters. The summed E-state index contributed by atoms with van der Waals surface area (Å²) in [4.78, 5) is 14.3. The minimum absolute atomic E-state index is 0.0461. The number of rotatable bonds is 6. The first-order valence-electron chi connectivity index (χ1n) is 8.05. The van der Waals surface area contributed by atoms with Crippen LogP contribution in [-0.4, -0.2) is 49.9 Å². The summed E-state index contributed by atoms with van der Waals surface area (Å²) in [7, 11) is -3.09. The van der Waals surface area contributed by atoms with Crippen LogP contribution < -0.4 is 5.73 Å². The predicted octanol–water partition coefficient (Wildman–Crippen LogP) is 1.23. The third-order valence-electron chi connectivity index (χ3n) is 4.66. The molecule has 1 aromatic rings. The van der Waals surface area contributed by atoms with Gasteiger partial charge in [0.25, 0.3) is 0 Å². The van der Waals surface area contributed by atoms with E-state index in [0.29, 0.717) is 12.5 Å². The first-order valence-corrected chi connectivity index (χ1v) is 10.1. The summed E-state index contributed by atoms with van der Waals surface area (Å²) in [6.45, 7) is 2.76. The Kier molecular flexibility index (Phi) is 5.81. The van der Waals surface area contributed by atoms with Gasteiger partial charge in [-0.2, -0.15) is 0 Å². The Balaban J connectivity index is 1.92. The molecule has 1 amide bonds. The molecule has 1 aliphatic heterocycles. The molecule has 1 aromatic carbocycles. The fraction of sp³-hybridized carbons (Fsp3) is 0.588. The molecule has 1 fully saturated rings. The highest BCUT2D eigenvalue weighted by molar-refractivity contribution is 7.90. The molecular formula is C17H26N2O3S. The molecule has 0 radical (unpaired) electrons. The van der Waals surface area contributed by atoms with Crippen molar-refractivity contribution in [2.75, 3.05) is 18.6 Å². The zero-order valence-electron chi connectivity index (χ0n) is 13.8. The summed E-state index contributed by atoms with van der Waals surface area (Å²) in [5.74, 6) is 0.246. The van der Waals surface area contributed by atoms with Crippen molar-refractivity contribution in [3.63, 3.8) is 0 Å². The average molecular weight is 338 g/mol. The maximum absolute atomic E-state index is 12.5. The maximum Gasteiger partial charge on any atom is 0.239 e.